The molecule has 0 amide bonds. The topological polar surface area (TPSA) is 39.2 Å². The molecule has 3 rings (SSSR count). The van der Waals surface area contributed by atoms with Crippen molar-refractivity contribution in [1.82, 2.24) is 0 Å². The average molecular weight is 233 g/mol. The first kappa shape index (κ1) is 10.8. The zero-order valence-electron chi connectivity index (χ0n) is 9.71. The van der Waals surface area contributed by atoms with E-state index in [-0.39, 0.29) is 11.2 Å². The van der Waals surface area contributed by atoms with E-state index in [2.05, 4.69) is 0 Å². The lowest BCUT2D eigenvalue weighted by molar-refractivity contribution is 0.427. The predicted octanol–water partition coefficient (Wildman–Crippen LogP) is 3.34. The van der Waals surface area contributed by atoms with Gasteiger partial charge in [0.25, 0.3) is 0 Å². The first-order valence-corrected chi connectivity index (χ1v) is 6.12. The molecule has 2 aromatic rings. The Morgan fingerprint density at radius 2 is 2.06 bits per heavy atom. The Bertz CT molecular complexity index is 540. The lowest BCUT2D eigenvalue weighted by Gasteiger charge is -2.28. The Labute approximate surface area is 99.6 Å². The number of hydrogen-bond donors (Lipinski definition) is 1. The molecule has 0 bridgehead atoms. The molecule has 1 aliphatic carbocycles. The summed E-state index contributed by atoms with van der Waals surface area (Å²) in [5.74, 6) is -0.181. The Morgan fingerprint density at radius 1 is 1.29 bits per heavy atom. The molecule has 0 spiro atoms. The molecule has 0 saturated heterocycles. The van der Waals surface area contributed by atoms with Gasteiger partial charge in [-0.1, -0.05) is 12.8 Å². The van der Waals surface area contributed by atoms with Crippen LogP contribution in [0.3, 0.4) is 0 Å². The molecule has 17 heavy (non-hydrogen) atoms. The van der Waals surface area contributed by atoms with E-state index in [1.54, 1.807) is 6.26 Å². The lowest BCUT2D eigenvalue weighted by atomic mass is 9.78. The predicted molar refractivity (Wildman–Crippen MR) is 65.4 cm³/mol. The molecule has 1 saturated carbocycles. The van der Waals surface area contributed by atoms with E-state index in [9.17, 15) is 4.39 Å². The van der Waals surface area contributed by atoms with Gasteiger partial charge in [0.2, 0.25) is 0 Å². The van der Waals surface area contributed by atoms with Gasteiger partial charge in [0.15, 0.2) is 0 Å². The fourth-order valence-corrected chi connectivity index (χ4v) is 3.03. The molecule has 1 fully saturated rings. The standard InChI is InChI=1S/C14H16FNO/c15-12-8-13-10(3-6-17-13)7-11(12)14(9-16)4-1-2-5-14/h3,6-8H,1-2,4-5,9,16H2. The van der Waals surface area contributed by atoms with Crippen molar-refractivity contribution in [3.05, 3.63) is 35.8 Å². The van der Waals surface area contributed by atoms with E-state index < -0.39 is 0 Å². The summed E-state index contributed by atoms with van der Waals surface area (Å²) in [6.07, 6.45) is 5.85. The Balaban J connectivity index is 2.17. The Morgan fingerprint density at radius 3 is 2.76 bits per heavy atom. The van der Waals surface area contributed by atoms with Gasteiger partial charge in [-0.15, -0.1) is 0 Å². The summed E-state index contributed by atoms with van der Waals surface area (Å²) in [4.78, 5) is 0. The fourth-order valence-electron chi connectivity index (χ4n) is 3.03. The van der Waals surface area contributed by atoms with Crippen LogP contribution in [-0.4, -0.2) is 6.54 Å². The van der Waals surface area contributed by atoms with Crippen molar-refractivity contribution in [1.29, 1.82) is 0 Å². The highest BCUT2D eigenvalue weighted by molar-refractivity contribution is 5.78. The lowest BCUT2D eigenvalue weighted by Crippen LogP contribution is -2.33. The summed E-state index contributed by atoms with van der Waals surface area (Å²) in [5.41, 5.74) is 7.12. The molecule has 1 aliphatic rings. The van der Waals surface area contributed by atoms with E-state index in [0.717, 1.165) is 36.6 Å². The number of halogens is 1. The minimum atomic E-state index is -0.181. The summed E-state index contributed by atoms with van der Waals surface area (Å²) in [7, 11) is 0. The van der Waals surface area contributed by atoms with Crippen LogP contribution in [-0.2, 0) is 5.41 Å². The largest absolute Gasteiger partial charge is 0.464 e. The van der Waals surface area contributed by atoms with Crippen LogP contribution in [0.25, 0.3) is 11.0 Å². The van der Waals surface area contributed by atoms with Gasteiger partial charge >= 0.3 is 0 Å². The molecule has 2 N–H and O–H groups in total. The molecule has 0 atom stereocenters. The summed E-state index contributed by atoms with van der Waals surface area (Å²) in [6.45, 7) is 0.521. The number of benzene rings is 1. The van der Waals surface area contributed by atoms with Crippen molar-refractivity contribution in [2.24, 2.45) is 5.73 Å². The summed E-state index contributed by atoms with van der Waals surface area (Å²) in [6, 6.07) is 5.27. The fraction of sp³-hybridized carbons (Fsp3) is 0.429. The van der Waals surface area contributed by atoms with E-state index in [4.69, 9.17) is 10.2 Å². The highest BCUT2D eigenvalue weighted by Crippen LogP contribution is 2.42. The monoisotopic (exact) mass is 233 g/mol. The Kier molecular flexibility index (Phi) is 2.44. The van der Waals surface area contributed by atoms with Gasteiger partial charge in [0.1, 0.15) is 11.4 Å². The Hall–Kier alpha value is -1.35. The molecule has 1 heterocycles. The summed E-state index contributed by atoms with van der Waals surface area (Å²) >= 11 is 0. The van der Waals surface area contributed by atoms with Crippen LogP contribution in [0.4, 0.5) is 4.39 Å². The third-order valence-corrected chi connectivity index (χ3v) is 4.06. The molecular formula is C14H16FNO. The second-order valence-corrected chi connectivity index (χ2v) is 4.98. The van der Waals surface area contributed by atoms with Crippen LogP contribution in [0.2, 0.25) is 0 Å². The third kappa shape index (κ3) is 1.57. The minimum absolute atomic E-state index is 0.157. The maximum atomic E-state index is 14.2. The van der Waals surface area contributed by atoms with E-state index >= 15 is 0 Å². The number of furan rings is 1. The van der Waals surface area contributed by atoms with Gasteiger partial charge < -0.3 is 10.2 Å². The van der Waals surface area contributed by atoms with Crippen LogP contribution >= 0.6 is 0 Å². The molecule has 0 aliphatic heterocycles. The first-order chi connectivity index (χ1) is 8.25. The maximum absolute atomic E-state index is 14.2. The van der Waals surface area contributed by atoms with Gasteiger partial charge in [-0.3, -0.25) is 0 Å². The zero-order valence-corrected chi connectivity index (χ0v) is 9.71. The second-order valence-electron chi connectivity index (χ2n) is 4.98. The van der Waals surface area contributed by atoms with Crippen molar-refractivity contribution in [3.8, 4) is 0 Å². The van der Waals surface area contributed by atoms with Crippen LogP contribution < -0.4 is 5.73 Å². The molecule has 3 heteroatoms. The summed E-state index contributed by atoms with van der Waals surface area (Å²) < 4.78 is 19.4. The van der Waals surface area contributed by atoms with E-state index in [1.807, 2.05) is 12.1 Å². The number of rotatable bonds is 2. The zero-order chi connectivity index (χ0) is 11.9. The first-order valence-electron chi connectivity index (χ1n) is 6.12. The summed E-state index contributed by atoms with van der Waals surface area (Å²) in [5, 5.41) is 0.959. The van der Waals surface area contributed by atoms with Gasteiger partial charge in [-0.25, -0.2) is 4.39 Å². The van der Waals surface area contributed by atoms with Gasteiger partial charge in [-0.2, -0.15) is 0 Å². The molecule has 1 aromatic carbocycles. The number of fused-ring (bicyclic) bond motifs is 1. The number of nitrogens with two attached hydrogens (primary N) is 1. The van der Waals surface area contributed by atoms with Crippen molar-refractivity contribution in [3.63, 3.8) is 0 Å². The van der Waals surface area contributed by atoms with Gasteiger partial charge in [0.05, 0.1) is 6.26 Å². The average Bonchev–Trinajstić information content (AvgIpc) is 2.95. The van der Waals surface area contributed by atoms with Crippen molar-refractivity contribution in [2.75, 3.05) is 6.54 Å². The minimum Gasteiger partial charge on any atom is -0.464 e. The van der Waals surface area contributed by atoms with E-state index in [1.165, 1.54) is 6.07 Å². The van der Waals surface area contributed by atoms with Crippen molar-refractivity contribution < 1.29 is 8.81 Å². The van der Waals surface area contributed by atoms with Crippen LogP contribution in [0.1, 0.15) is 31.2 Å². The van der Waals surface area contributed by atoms with Crippen LogP contribution in [0, 0.1) is 5.82 Å². The van der Waals surface area contributed by atoms with Crippen LogP contribution in [0.15, 0.2) is 28.9 Å². The quantitative estimate of drug-likeness (QED) is 0.864. The molecular weight excluding hydrogens is 217 g/mol. The van der Waals surface area contributed by atoms with E-state index in [0.29, 0.717) is 12.1 Å². The van der Waals surface area contributed by atoms with Crippen LogP contribution in [0.5, 0.6) is 0 Å². The molecule has 1 aromatic heterocycles. The highest BCUT2D eigenvalue weighted by atomic mass is 19.1. The van der Waals surface area contributed by atoms with Crippen molar-refractivity contribution >= 4 is 11.0 Å². The molecule has 0 radical (unpaired) electrons. The number of hydrogen-bond acceptors (Lipinski definition) is 2. The third-order valence-electron chi connectivity index (χ3n) is 4.06. The van der Waals surface area contributed by atoms with Gasteiger partial charge in [0, 0.05) is 23.4 Å². The maximum Gasteiger partial charge on any atom is 0.136 e. The second kappa shape index (κ2) is 3.84. The molecule has 0 unspecified atom stereocenters. The smallest absolute Gasteiger partial charge is 0.136 e. The molecule has 2 nitrogen and oxygen atoms in total. The van der Waals surface area contributed by atoms with Crippen molar-refractivity contribution in [2.45, 2.75) is 31.1 Å². The van der Waals surface area contributed by atoms with Gasteiger partial charge in [-0.05, 0) is 30.5 Å². The SMILES string of the molecule is NCC1(c2cc3ccoc3cc2F)CCCC1. The highest BCUT2D eigenvalue weighted by Gasteiger charge is 2.36. The normalized spacial score (nSPS) is 18.9. The molecule has 90 valence electrons.